The van der Waals surface area contributed by atoms with Crippen LogP contribution in [0.5, 0.6) is 0 Å². The molecule has 0 amide bonds. The first-order valence-corrected chi connectivity index (χ1v) is 9.24. The van der Waals surface area contributed by atoms with Crippen molar-refractivity contribution in [2.24, 2.45) is 10.9 Å². The summed E-state index contributed by atoms with van der Waals surface area (Å²) in [5, 5.41) is 50.1. The summed E-state index contributed by atoms with van der Waals surface area (Å²) in [5.74, 6) is 0.166. The predicted octanol–water partition coefficient (Wildman–Crippen LogP) is -0.745. The Balaban J connectivity index is 4.26. The number of hydrogen-bond donors (Lipinski definition) is 6. The summed E-state index contributed by atoms with van der Waals surface area (Å²) in [7, 11) is 0. The maximum Gasteiger partial charge on any atom is 0.152 e. The van der Waals surface area contributed by atoms with E-state index in [-0.39, 0.29) is 23.8 Å². The molecule has 0 saturated heterocycles. The van der Waals surface area contributed by atoms with E-state index in [4.69, 9.17) is 5.11 Å². The van der Waals surface area contributed by atoms with Crippen molar-refractivity contribution in [1.29, 1.82) is 0 Å². The Kier molecular flexibility index (Phi) is 12.8. The van der Waals surface area contributed by atoms with Gasteiger partial charge in [0.05, 0.1) is 12.6 Å². The molecule has 0 fully saturated rings. The van der Waals surface area contributed by atoms with Crippen molar-refractivity contribution in [2.45, 2.75) is 83.5 Å². The topological polar surface area (TPSA) is 143 Å². The van der Waals surface area contributed by atoms with Crippen LogP contribution in [-0.4, -0.2) is 87.2 Å². The lowest BCUT2D eigenvalue weighted by molar-refractivity contribution is -0.124. The number of aliphatic hydroxyl groups is 5. The second-order valence-corrected chi connectivity index (χ2v) is 7.20. The third-order valence-electron chi connectivity index (χ3n) is 4.02. The van der Waals surface area contributed by atoms with Gasteiger partial charge in [0, 0.05) is 24.7 Å². The molecular weight excluding hydrogens is 340 g/mol. The molecule has 0 aromatic rings. The quantitative estimate of drug-likeness (QED) is 0.173. The van der Waals surface area contributed by atoms with E-state index >= 15 is 0 Å². The SMILES string of the molecule is CC(C)NC(CCCCN=CC(O)C(O)C(O)C(O)CO)C(=O)C(C)C. The second kappa shape index (κ2) is 13.3. The van der Waals surface area contributed by atoms with E-state index in [0.29, 0.717) is 19.4 Å². The Morgan fingerprint density at radius 3 is 2.15 bits per heavy atom. The van der Waals surface area contributed by atoms with Gasteiger partial charge in [0.2, 0.25) is 0 Å². The zero-order chi connectivity index (χ0) is 20.3. The fraction of sp³-hybridized carbons (Fsp3) is 0.889. The lowest BCUT2D eigenvalue weighted by Crippen LogP contribution is -2.46. The number of aliphatic imine (C=N–C) groups is 1. The van der Waals surface area contributed by atoms with Crippen molar-refractivity contribution >= 4 is 12.0 Å². The van der Waals surface area contributed by atoms with Crippen LogP contribution in [0.2, 0.25) is 0 Å². The summed E-state index contributed by atoms with van der Waals surface area (Å²) in [4.78, 5) is 16.2. The summed E-state index contributed by atoms with van der Waals surface area (Å²) in [5.41, 5.74) is 0. The Bertz CT molecular complexity index is 416. The van der Waals surface area contributed by atoms with Gasteiger partial charge in [-0.15, -0.1) is 0 Å². The average molecular weight is 376 g/mol. The van der Waals surface area contributed by atoms with Gasteiger partial charge in [-0.2, -0.15) is 0 Å². The first kappa shape index (κ1) is 25.1. The molecule has 26 heavy (non-hydrogen) atoms. The highest BCUT2D eigenvalue weighted by molar-refractivity contribution is 5.85. The third-order valence-corrected chi connectivity index (χ3v) is 4.02. The van der Waals surface area contributed by atoms with Crippen LogP contribution < -0.4 is 5.32 Å². The van der Waals surface area contributed by atoms with Crippen molar-refractivity contribution in [3.05, 3.63) is 0 Å². The van der Waals surface area contributed by atoms with Gasteiger partial charge in [0.15, 0.2) is 5.78 Å². The molecule has 154 valence electrons. The van der Waals surface area contributed by atoms with Crippen LogP contribution in [0, 0.1) is 5.92 Å². The highest BCUT2D eigenvalue weighted by Gasteiger charge is 2.29. The van der Waals surface area contributed by atoms with E-state index in [9.17, 15) is 25.2 Å². The minimum atomic E-state index is -1.66. The molecule has 0 aliphatic heterocycles. The van der Waals surface area contributed by atoms with Crippen LogP contribution in [0.25, 0.3) is 0 Å². The van der Waals surface area contributed by atoms with Crippen LogP contribution >= 0.6 is 0 Å². The number of Topliss-reactive ketones (excluding diaryl/α,β-unsaturated/α-hetero) is 1. The highest BCUT2D eigenvalue weighted by atomic mass is 16.4. The molecule has 0 bridgehead atoms. The van der Waals surface area contributed by atoms with Crippen molar-refractivity contribution in [2.75, 3.05) is 13.2 Å². The molecule has 6 N–H and O–H groups in total. The van der Waals surface area contributed by atoms with Gasteiger partial charge in [-0.3, -0.25) is 9.79 Å². The number of hydrogen-bond acceptors (Lipinski definition) is 8. The first-order chi connectivity index (χ1) is 12.1. The fourth-order valence-electron chi connectivity index (χ4n) is 2.47. The molecule has 0 heterocycles. The Morgan fingerprint density at radius 1 is 1.04 bits per heavy atom. The van der Waals surface area contributed by atoms with E-state index in [1.54, 1.807) is 0 Å². The highest BCUT2D eigenvalue weighted by Crippen LogP contribution is 2.09. The van der Waals surface area contributed by atoms with E-state index in [2.05, 4.69) is 10.3 Å². The summed E-state index contributed by atoms with van der Waals surface area (Å²) in [6.45, 7) is 7.46. The molecule has 0 radical (unpaired) electrons. The van der Waals surface area contributed by atoms with E-state index in [1.165, 1.54) is 0 Å². The number of ketones is 1. The average Bonchev–Trinajstić information content (AvgIpc) is 2.59. The van der Waals surface area contributed by atoms with Crippen LogP contribution in [0.1, 0.15) is 47.0 Å². The molecule has 8 nitrogen and oxygen atoms in total. The predicted molar refractivity (Wildman–Crippen MR) is 100 cm³/mol. The minimum Gasteiger partial charge on any atom is -0.394 e. The molecule has 0 aliphatic carbocycles. The lowest BCUT2D eigenvalue weighted by Gasteiger charge is -2.23. The van der Waals surface area contributed by atoms with Crippen LogP contribution in [-0.2, 0) is 4.79 Å². The molecule has 0 aromatic heterocycles. The van der Waals surface area contributed by atoms with Gasteiger partial charge in [0.25, 0.3) is 0 Å². The number of nitrogens with zero attached hydrogens (tertiary/aromatic N) is 1. The zero-order valence-electron chi connectivity index (χ0n) is 16.2. The second-order valence-electron chi connectivity index (χ2n) is 7.20. The Labute approximate surface area is 156 Å². The van der Waals surface area contributed by atoms with Crippen molar-refractivity contribution < 1.29 is 30.3 Å². The fourth-order valence-corrected chi connectivity index (χ4v) is 2.47. The van der Waals surface area contributed by atoms with Gasteiger partial charge >= 0.3 is 0 Å². The van der Waals surface area contributed by atoms with E-state index in [0.717, 1.165) is 12.6 Å². The number of aliphatic hydroxyl groups excluding tert-OH is 5. The largest absolute Gasteiger partial charge is 0.394 e. The molecule has 0 saturated carbocycles. The smallest absolute Gasteiger partial charge is 0.152 e. The van der Waals surface area contributed by atoms with Gasteiger partial charge in [0.1, 0.15) is 24.4 Å². The minimum absolute atomic E-state index is 0.0263. The summed E-state index contributed by atoms with van der Waals surface area (Å²) < 4.78 is 0. The van der Waals surface area contributed by atoms with Crippen molar-refractivity contribution in [3.63, 3.8) is 0 Å². The van der Waals surface area contributed by atoms with Crippen molar-refractivity contribution in [3.8, 4) is 0 Å². The van der Waals surface area contributed by atoms with Crippen molar-refractivity contribution in [1.82, 2.24) is 5.32 Å². The third kappa shape index (κ3) is 9.70. The zero-order valence-corrected chi connectivity index (χ0v) is 16.2. The Hall–Kier alpha value is -0.900. The molecular formula is C18H36N2O6. The number of carbonyl (C=O) groups excluding carboxylic acids is 1. The summed E-state index contributed by atoms with van der Waals surface area (Å²) >= 11 is 0. The molecule has 0 rings (SSSR count). The summed E-state index contributed by atoms with van der Waals surface area (Å²) in [6.07, 6.45) is -2.96. The van der Waals surface area contributed by atoms with E-state index in [1.807, 2.05) is 27.7 Å². The summed E-state index contributed by atoms with van der Waals surface area (Å²) in [6, 6.07) is 0.0413. The van der Waals surface area contributed by atoms with Crippen LogP contribution in [0.3, 0.4) is 0 Å². The maximum absolute atomic E-state index is 12.2. The number of nitrogens with one attached hydrogen (secondary N) is 1. The van der Waals surface area contributed by atoms with Gasteiger partial charge in [-0.25, -0.2) is 0 Å². The van der Waals surface area contributed by atoms with E-state index < -0.39 is 31.0 Å². The van der Waals surface area contributed by atoms with Crippen LogP contribution in [0.4, 0.5) is 0 Å². The number of rotatable bonds is 14. The molecule has 5 atom stereocenters. The maximum atomic E-state index is 12.2. The standard InChI is InChI=1S/C18H36N2O6/c1-11(2)16(24)13(20-12(3)4)7-5-6-8-19-9-14(22)17(25)18(26)15(23)10-21/h9,11-15,17-18,20-23,25-26H,5-8,10H2,1-4H3. The Morgan fingerprint density at radius 2 is 1.65 bits per heavy atom. The van der Waals surface area contributed by atoms with Gasteiger partial charge < -0.3 is 30.8 Å². The first-order valence-electron chi connectivity index (χ1n) is 9.24. The molecule has 8 heteroatoms. The molecule has 0 aromatic carbocycles. The molecule has 5 unspecified atom stereocenters. The number of unbranched alkanes of at least 4 members (excludes halogenated alkanes) is 1. The normalized spacial score (nSPS) is 18.3. The molecule has 0 spiro atoms. The van der Waals surface area contributed by atoms with Gasteiger partial charge in [-0.1, -0.05) is 27.7 Å². The van der Waals surface area contributed by atoms with Gasteiger partial charge in [-0.05, 0) is 19.3 Å². The monoisotopic (exact) mass is 376 g/mol. The number of carbonyl (C=O) groups is 1. The molecule has 0 aliphatic rings. The lowest BCUT2D eigenvalue weighted by atomic mass is 9.96. The van der Waals surface area contributed by atoms with Crippen LogP contribution in [0.15, 0.2) is 4.99 Å².